The average molecular weight is 374 g/mol. The Hall–Kier alpha value is -2.54. The van der Waals surface area contributed by atoms with Gasteiger partial charge >= 0.3 is 0 Å². The fourth-order valence-corrected chi connectivity index (χ4v) is 3.41. The van der Waals surface area contributed by atoms with Crippen LogP contribution in [0.3, 0.4) is 0 Å². The third kappa shape index (κ3) is 2.46. The second-order valence-corrected chi connectivity index (χ2v) is 6.49. The summed E-state index contributed by atoms with van der Waals surface area (Å²) in [6.07, 6.45) is 0.445. The molecular formula is C19H14ClF2N3O. The van der Waals surface area contributed by atoms with Crippen LogP contribution in [0.4, 0.5) is 8.78 Å². The van der Waals surface area contributed by atoms with Gasteiger partial charge in [-0.1, -0.05) is 35.9 Å². The van der Waals surface area contributed by atoms with Gasteiger partial charge in [0.1, 0.15) is 17.1 Å². The Bertz CT molecular complexity index is 1010. The highest BCUT2D eigenvalue weighted by molar-refractivity contribution is 6.30. The van der Waals surface area contributed by atoms with Gasteiger partial charge in [-0.2, -0.15) is 4.39 Å². The van der Waals surface area contributed by atoms with Gasteiger partial charge in [0, 0.05) is 23.4 Å². The zero-order valence-corrected chi connectivity index (χ0v) is 14.2. The SMILES string of the molecule is NC1Oc2c(-c3ccnc(F)c3)cccc2C1(N)c1ccc(F)c(Cl)c1. The van der Waals surface area contributed by atoms with E-state index in [0.29, 0.717) is 28.0 Å². The number of para-hydroxylation sites is 1. The number of nitrogens with zero attached hydrogens (tertiary/aromatic N) is 1. The minimum Gasteiger partial charge on any atom is -0.472 e. The molecule has 0 saturated heterocycles. The van der Waals surface area contributed by atoms with Crippen LogP contribution >= 0.6 is 11.6 Å². The Balaban J connectivity index is 1.91. The van der Waals surface area contributed by atoms with E-state index < -0.39 is 23.5 Å². The summed E-state index contributed by atoms with van der Waals surface area (Å²) < 4.78 is 32.9. The Kier molecular flexibility index (Phi) is 3.91. The fourth-order valence-electron chi connectivity index (χ4n) is 3.23. The predicted molar refractivity (Wildman–Crippen MR) is 94.6 cm³/mol. The van der Waals surface area contributed by atoms with Crippen molar-refractivity contribution in [2.45, 2.75) is 11.8 Å². The second-order valence-electron chi connectivity index (χ2n) is 6.09. The van der Waals surface area contributed by atoms with E-state index >= 15 is 0 Å². The molecule has 2 atom stereocenters. The van der Waals surface area contributed by atoms with Crippen molar-refractivity contribution in [3.05, 3.63) is 82.6 Å². The van der Waals surface area contributed by atoms with Gasteiger partial charge in [0.25, 0.3) is 0 Å². The number of hydrogen-bond acceptors (Lipinski definition) is 4. The topological polar surface area (TPSA) is 74.2 Å². The van der Waals surface area contributed by atoms with Crippen LogP contribution in [-0.2, 0) is 5.54 Å². The molecule has 132 valence electrons. The van der Waals surface area contributed by atoms with E-state index in [1.54, 1.807) is 24.3 Å². The summed E-state index contributed by atoms with van der Waals surface area (Å²) in [5, 5.41) is -0.0552. The number of rotatable bonds is 2. The first kappa shape index (κ1) is 16.9. The van der Waals surface area contributed by atoms with E-state index in [1.165, 1.54) is 30.5 Å². The van der Waals surface area contributed by atoms with Crippen molar-refractivity contribution in [1.29, 1.82) is 0 Å². The lowest BCUT2D eigenvalue weighted by Gasteiger charge is -2.28. The maximum absolute atomic E-state index is 13.6. The second kappa shape index (κ2) is 6.02. The summed E-state index contributed by atoms with van der Waals surface area (Å²) in [6.45, 7) is 0. The van der Waals surface area contributed by atoms with E-state index in [0.717, 1.165) is 0 Å². The number of pyridine rings is 1. The highest BCUT2D eigenvalue weighted by Gasteiger charge is 2.47. The van der Waals surface area contributed by atoms with Gasteiger partial charge in [-0.05, 0) is 29.3 Å². The first-order valence-electron chi connectivity index (χ1n) is 7.83. The molecule has 1 aromatic heterocycles. The van der Waals surface area contributed by atoms with Crippen LogP contribution in [0.1, 0.15) is 11.1 Å². The summed E-state index contributed by atoms with van der Waals surface area (Å²) >= 11 is 5.91. The number of benzene rings is 2. The van der Waals surface area contributed by atoms with Crippen LogP contribution < -0.4 is 16.2 Å². The summed E-state index contributed by atoms with van der Waals surface area (Å²) in [7, 11) is 0. The maximum atomic E-state index is 13.6. The van der Waals surface area contributed by atoms with Crippen LogP contribution in [0.2, 0.25) is 5.02 Å². The molecule has 4 N–H and O–H groups in total. The molecule has 4 rings (SSSR count). The Morgan fingerprint density at radius 1 is 1.12 bits per heavy atom. The number of nitrogens with two attached hydrogens (primary N) is 2. The molecule has 26 heavy (non-hydrogen) atoms. The van der Waals surface area contributed by atoms with Gasteiger partial charge in [0.15, 0.2) is 6.23 Å². The quantitative estimate of drug-likeness (QED) is 0.673. The van der Waals surface area contributed by atoms with Crippen molar-refractivity contribution in [1.82, 2.24) is 4.98 Å². The van der Waals surface area contributed by atoms with Crippen molar-refractivity contribution in [3.8, 4) is 16.9 Å². The molecule has 3 aromatic rings. The number of hydrogen-bond donors (Lipinski definition) is 2. The molecule has 1 aliphatic rings. The third-order valence-electron chi connectivity index (χ3n) is 4.59. The first-order chi connectivity index (χ1) is 12.4. The molecule has 1 aliphatic heterocycles. The Morgan fingerprint density at radius 2 is 1.92 bits per heavy atom. The Morgan fingerprint density at radius 3 is 2.65 bits per heavy atom. The molecule has 0 spiro atoms. The van der Waals surface area contributed by atoms with Crippen molar-refractivity contribution in [2.75, 3.05) is 0 Å². The van der Waals surface area contributed by atoms with Crippen molar-refractivity contribution in [2.24, 2.45) is 11.5 Å². The average Bonchev–Trinajstić information content (AvgIpc) is 2.89. The van der Waals surface area contributed by atoms with E-state index in [9.17, 15) is 8.78 Å². The zero-order valence-electron chi connectivity index (χ0n) is 13.4. The predicted octanol–water partition coefficient (Wildman–Crippen LogP) is 3.56. The molecule has 2 heterocycles. The van der Waals surface area contributed by atoms with Gasteiger partial charge in [0.2, 0.25) is 5.95 Å². The summed E-state index contributed by atoms with van der Waals surface area (Å²) in [4.78, 5) is 3.56. The number of halogens is 3. The molecule has 0 radical (unpaired) electrons. The van der Waals surface area contributed by atoms with E-state index in [1.807, 2.05) is 0 Å². The monoisotopic (exact) mass is 373 g/mol. The largest absolute Gasteiger partial charge is 0.472 e. The summed E-state index contributed by atoms with van der Waals surface area (Å²) in [6, 6.07) is 12.5. The van der Waals surface area contributed by atoms with Gasteiger partial charge in [0.05, 0.1) is 5.02 Å². The molecular weight excluding hydrogens is 360 g/mol. The number of fused-ring (bicyclic) bond motifs is 1. The first-order valence-corrected chi connectivity index (χ1v) is 8.21. The van der Waals surface area contributed by atoms with E-state index in [-0.39, 0.29) is 5.02 Å². The summed E-state index contributed by atoms with van der Waals surface area (Å²) in [5.74, 6) is -0.701. The van der Waals surface area contributed by atoms with Crippen molar-refractivity contribution < 1.29 is 13.5 Å². The highest BCUT2D eigenvalue weighted by Crippen LogP contribution is 2.47. The molecule has 2 unspecified atom stereocenters. The number of ether oxygens (including phenoxy) is 1. The summed E-state index contributed by atoms with van der Waals surface area (Å²) in [5.41, 5.74) is 13.9. The Labute approximate surface area is 153 Å². The van der Waals surface area contributed by atoms with Crippen molar-refractivity contribution >= 4 is 11.6 Å². The van der Waals surface area contributed by atoms with Gasteiger partial charge in [-0.3, -0.25) is 5.73 Å². The normalized spacial score (nSPS) is 21.3. The molecule has 0 aliphatic carbocycles. The lowest BCUT2D eigenvalue weighted by molar-refractivity contribution is 0.178. The van der Waals surface area contributed by atoms with Gasteiger partial charge in [-0.25, -0.2) is 9.37 Å². The minimum atomic E-state index is -1.23. The molecule has 0 saturated carbocycles. The molecule has 4 nitrogen and oxygen atoms in total. The maximum Gasteiger partial charge on any atom is 0.213 e. The lowest BCUT2D eigenvalue weighted by Crippen LogP contribution is -2.52. The number of aromatic nitrogens is 1. The highest BCUT2D eigenvalue weighted by atomic mass is 35.5. The standard InChI is InChI=1S/C19H14ClF2N3O/c20-14-9-11(4-5-15(14)21)19(24)13-3-1-2-12(17(13)26-18(19)23)10-6-7-25-16(22)8-10/h1-9,18H,23-24H2. The van der Waals surface area contributed by atoms with Crippen LogP contribution in [0.25, 0.3) is 11.1 Å². The van der Waals surface area contributed by atoms with Gasteiger partial charge in [-0.15, -0.1) is 0 Å². The molecule has 0 amide bonds. The molecule has 0 fully saturated rings. The lowest BCUT2D eigenvalue weighted by atomic mass is 9.82. The molecule has 0 bridgehead atoms. The molecule has 7 heteroatoms. The van der Waals surface area contributed by atoms with E-state index in [4.69, 9.17) is 27.8 Å². The van der Waals surface area contributed by atoms with E-state index in [2.05, 4.69) is 4.98 Å². The minimum absolute atomic E-state index is 0.0552. The fraction of sp³-hybridized carbons (Fsp3) is 0.105. The van der Waals surface area contributed by atoms with Crippen LogP contribution in [-0.4, -0.2) is 11.2 Å². The van der Waals surface area contributed by atoms with Gasteiger partial charge < -0.3 is 10.5 Å². The molecule has 2 aromatic carbocycles. The van der Waals surface area contributed by atoms with Crippen molar-refractivity contribution in [3.63, 3.8) is 0 Å². The smallest absolute Gasteiger partial charge is 0.213 e. The zero-order chi connectivity index (χ0) is 18.5. The van der Waals surface area contributed by atoms with Crippen LogP contribution in [0.15, 0.2) is 54.7 Å². The third-order valence-corrected chi connectivity index (χ3v) is 4.88. The van der Waals surface area contributed by atoms with Crippen LogP contribution in [0, 0.1) is 11.8 Å². The van der Waals surface area contributed by atoms with Crippen LogP contribution in [0.5, 0.6) is 5.75 Å².